The molecule has 1 aromatic carbocycles. The van der Waals surface area contributed by atoms with Gasteiger partial charge in [0, 0.05) is 6.42 Å². The molecule has 1 aliphatic heterocycles. The fraction of sp³-hybridized carbons (Fsp3) is 0.182. The van der Waals surface area contributed by atoms with Gasteiger partial charge < -0.3 is 5.32 Å². The van der Waals surface area contributed by atoms with E-state index >= 15 is 0 Å². The van der Waals surface area contributed by atoms with Gasteiger partial charge in [-0.05, 0) is 5.56 Å². The minimum Gasteiger partial charge on any atom is -0.312 e. The molecule has 1 unspecified atom stereocenters. The van der Waals surface area contributed by atoms with E-state index in [1.807, 2.05) is 30.3 Å². The highest BCUT2D eigenvalue weighted by Crippen LogP contribution is 2.07. The van der Waals surface area contributed by atoms with Crippen molar-refractivity contribution >= 4 is 29.3 Å². The van der Waals surface area contributed by atoms with Crippen LogP contribution in [0.15, 0.2) is 35.3 Å². The molecule has 82 valence electrons. The molecule has 0 saturated carbocycles. The van der Waals surface area contributed by atoms with Crippen LogP contribution in [-0.2, 0) is 16.0 Å². The monoisotopic (exact) mass is 236 g/mol. The van der Waals surface area contributed by atoms with Gasteiger partial charge in [0.15, 0.2) is 5.38 Å². The molecule has 0 aromatic heterocycles. The van der Waals surface area contributed by atoms with Crippen LogP contribution in [0.2, 0.25) is 0 Å². The molecule has 5 heteroatoms. The quantitative estimate of drug-likeness (QED) is 0.613. The van der Waals surface area contributed by atoms with Crippen molar-refractivity contribution in [1.29, 1.82) is 0 Å². The van der Waals surface area contributed by atoms with E-state index in [1.165, 1.54) is 0 Å². The Kier molecular flexibility index (Phi) is 3.01. The second-order valence-electron chi connectivity index (χ2n) is 3.41. The first-order valence-corrected chi connectivity index (χ1v) is 5.21. The van der Waals surface area contributed by atoms with E-state index in [9.17, 15) is 9.59 Å². The predicted molar refractivity (Wildman–Crippen MR) is 60.4 cm³/mol. The summed E-state index contributed by atoms with van der Waals surface area (Å²) in [4.78, 5) is 26.2. The van der Waals surface area contributed by atoms with Crippen molar-refractivity contribution in [1.82, 2.24) is 5.32 Å². The highest BCUT2D eigenvalue weighted by Gasteiger charge is 2.29. The van der Waals surface area contributed by atoms with E-state index in [0.29, 0.717) is 12.3 Å². The van der Waals surface area contributed by atoms with Crippen LogP contribution in [0.1, 0.15) is 5.56 Å². The van der Waals surface area contributed by atoms with E-state index in [2.05, 4.69) is 10.3 Å². The third-order valence-corrected chi connectivity index (χ3v) is 2.56. The van der Waals surface area contributed by atoms with Crippen molar-refractivity contribution in [3.8, 4) is 0 Å². The summed E-state index contributed by atoms with van der Waals surface area (Å²) in [6.07, 6.45) is 0.419. The Morgan fingerprint density at radius 2 is 1.94 bits per heavy atom. The summed E-state index contributed by atoms with van der Waals surface area (Å²) in [5, 5.41) is 1.31. The second-order valence-corrected chi connectivity index (χ2v) is 3.85. The maximum absolute atomic E-state index is 11.3. The molecule has 1 aliphatic rings. The third-order valence-electron chi connectivity index (χ3n) is 2.17. The Labute approximate surface area is 97.3 Å². The summed E-state index contributed by atoms with van der Waals surface area (Å²) < 4.78 is 0. The lowest BCUT2D eigenvalue weighted by Gasteiger charge is -2.15. The molecule has 16 heavy (non-hydrogen) atoms. The van der Waals surface area contributed by atoms with Crippen LogP contribution in [0.5, 0.6) is 0 Å². The summed E-state index contributed by atoms with van der Waals surface area (Å²) >= 11 is 5.52. The Bertz CT molecular complexity index is 456. The summed E-state index contributed by atoms with van der Waals surface area (Å²) in [5.74, 6) is -0.762. The van der Waals surface area contributed by atoms with E-state index in [1.54, 1.807) is 0 Å². The number of carbonyl (C=O) groups excluding carboxylic acids is 2. The van der Waals surface area contributed by atoms with Crippen LogP contribution < -0.4 is 5.32 Å². The van der Waals surface area contributed by atoms with Crippen molar-refractivity contribution < 1.29 is 9.59 Å². The molecule has 0 aliphatic carbocycles. The smallest absolute Gasteiger partial charge is 0.275 e. The Morgan fingerprint density at radius 3 is 2.56 bits per heavy atom. The molecule has 1 heterocycles. The minimum atomic E-state index is -1.19. The van der Waals surface area contributed by atoms with Gasteiger partial charge in [-0.15, -0.1) is 11.6 Å². The maximum atomic E-state index is 11.3. The van der Waals surface area contributed by atoms with Crippen molar-refractivity contribution in [2.24, 2.45) is 4.99 Å². The van der Waals surface area contributed by atoms with Gasteiger partial charge in [0.05, 0.1) is 0 Å². The van der Waals surface area contributed by atoms with E-state index in [0.717, 1.165) is 5.56 Å². The van der Waals surface area contributed by atoms with Crippen LogP contribution in [0.3, 0.4) is 0 Å². The molecule has 1 aromatic rings. The predicted octanol–water partition coefficient (Wildman–Crippen LogP) is 0.891. The van der Waals surface area contributed by atoms with Crippen LogP contribution in [0, 0.1) is 0 Å². The van der Waals surface area contributed by atoms with Gasteiger partial charge in [-0.2, -0.15) is 4.99 Å². The van der Waals surface area contributed by atoms with Gasteiger partial charge in [0.25, 0.3) is 11.8 Å². The van der Waals surface area contributed by atoms with Crippen LogP contribution in [0.25, 0.3) is 0 Å². The number of alkyl halides is 1. The molecule has 0 bridgehead atoms. The van der Waals surface area contributed by atoms with Gasteiger partial charge in [0.2, 0.25) is 0 Å². The number of amidine groups is 1. The lowest BCUT2D eigenvalue weighted by atomic mass is 10.1. The number of benzene rings is 1. The Hall–Kier alpha value is -1.68. The van der Waals surface area contributed by atoms with E-state index < -0.39 is 17.2 Å². The minimum absolute atomic E-state index is 0.345. The Morgan fingerprint density at radius 1 is 1.25 bits per heavy atom. The average Bonchev–Trinajstić information content (AvgIpc) is 2.27. The number of nitrogens with zero attached hydrogens (tertiary/aromatic N) is 1. The summed E-state index contributed by atoms with van der Waals surface area (Å²) in [5.41, 5.74) is 0.974. The number of halogens is 1. The largest absolute Gasteiger partial charge is 0.312 e. The van der Waals surface area contributed by atoms with E-state index in [4.69, 9.17) is 11.6 Å². The first kappa shape index (κ1) is 10.8. The lowest BCUT2D eigenvalue weighted by molar-refractivity contribution is -0.127. The van der Waals surface area contributed by atoms with Crippen molar-refractivity contribution in [2.45, 2.75) is 11.8 Å². The molecule has 0 saturated heterocycles. The van der Waals surface area contributed by atoms with Gasteiger partial charge >= 0.3 is 0 Å². The van der Waals surface area contributed by atoms with E-state index in [-0.39, 0.29) is 0 Å². The maximum Gasteiger partial charge on any atom is 0.275 e. The normalized spacial score (nSPS) is 20.3. The average molecular weight is 237 g/mol. The molecule has 4 nitrogen and oxygen atoms in total. The molecule has 1 atom stereocenters. The summed E-state index contributed by atoms with van der Waals surface area (Å²) in [6, 6.07) is 9.45. The van der Waals surface area contributed by atoms with Gasteiger partial charge in [-0.1, -0.05) is 30.3 Å². The van der Waals surface area contributed by atoms with Crippen LogP contribution in [-0.4, -0.2) is 23.0 Å². The SMILES string of the molecule is O=C1N=C(Cc2ccccc2)NC(=O)C1Cl. The molecule has 2 amide bonds. The zero-order valence-electron chi connectivity index (χ0n) is 8.31. The number of carbonyl (C=O) groups is 2. The van der Waals surface area contributed by atoms with Gasteiger partial charge in [-0.3, -0.25) is 9.59 Å². The second kappa shape index (κ2) is 4.45. The zero-order chi connectivity index (χ0) is 11.5. The van der Waals surface area contributed by atoms with Gasteiger partial charge in [-0.25, -0.2) is 0 Å². The number of hydrogen-bond acceptors (Lipinski definition) is 2. The zero-order valence-corrected chi connectivity index (χ0v) is 9.07. The standard InChI is InChI=1S/C11H9ClN2O2/c12-9-10(15)13-8(14-11(9)16)6-7-4-2-1-3-5-7/h1-5,9H,6H2,(H,13,14,15,16). The fourth-order valence-electron chi connectivity index (χ4n) is 1.41. The molecule has 2 rings (SSSR count). The molecule has 0 radical (unpaired) electrons. The highest BCUT2D eigenvalue weighted by molar-refractivity contribution is 6.44. The molecule has 0 spiro atoms. The van der Waals surface area contributed by atoms with Crippen molar-refractivity contribution in [3.05, 3.63) is 35.9 Å². The number of amides is 2. The molecule has 0 fully saturated rings. The number of rotatable bonds is 2. The highest BCUT2D eigenvalue weighted by atomic mass is 35.5. The summed E-state index contributed by atoms with van der Waals surface area (Å²) in [7, 11) is 0. The van der Waals surface area contributed by atoms with Crippen LogP contribution in [0.4, 0.5) is 0 Å². The molecular formula is C11H9ClN2O2. The fourth-order valence-corrected chi connectivity index (χ4v) is 1.51. The lowest BCUT2D eigenvalue weighted by Crippen LogP contribution is -2.45. The number of hydrogen-bond donors (Lipinski definition) is 1. The third kappa shape index (κ3) is 2.28. The number of aliphatic imine (C=N–C) groups is 1. The molecular weight excluding hydrogens is 228 g/mol. The summed E-state index contributed by atoms with van der Waals surface area (Å²) in [6.45, 7) is 0. The topological polar surface area (TPSA) is 58.5 Å². The number of nitrogens with one attached hydrogen (secondary N) is 1. The molecule has 1 N–H and O–H groups in total. The van der Waals surface area contributed by atoms with Crippen molar-refractivity contribution in [2.75, 3.05) is 0 Å². The Balaban J connectivity index is 2.15. The van der Waals surface area contributed by atoms with Gasteiger partial charge in [0.1, 0.15) is 5.84 Å². The van der Waals surface area contributed by atoms with Crippen LogP contribution >= 0.6 is 11.6 Å². The van der Waals surface area contributed by atoms with Crippen molar-refractivity contribution in [3.63, 3.8) is 0 Å². The first-order valence-electron chi connectivity index (χ1n) is 4.77. The first-order chi connectivity index (χ1) is 7.66.